The molecule has 0 saturated heterocycles. The van der Waals surface area contributed by atoms with Gasteiger partial charge >= 0.3 is 5.97 Å². The zero-order chi connectivity index (χ0) is 19.1. The summed E-state index contributed by atoms with van der Waals surface area (Å²) in [7, 11) is 0. The van der Waals surface area contributed by atoms with E-state index in [9.17, 15) is 4.79 Å². The minimum absolute atomic E-state index is 0.0118. The molecule has 0 N–H and O–H groups in total. The number of unbranched alkanes of at least 4 members (excludes halogenated alkanes) is 2. The van der Waals surface area contributed by atoms with Gasteiger partial charge in [0.1, 0.15) is 5.75 Å². The van der Waals surface area contributed by atoms with E-state index in [4.69, 9.17) is 16.3 Å². The van der Waals surface area contributed by atoms with Gasteiger partial charge in [-0.05, 0) is 79.8 Å². The van der Waals surface area contributed by atoms with Crippen LogP contribution in [0.1, 0.15) is 68.9 Å². The average molecular weight is 385 g/mol. The molecule has 3 heteroatoms. The van der Waals surface area contributed by atoms with Gasteiger partial charge in [0.2, 0.25) is 0 Å². The van der Waals surface area contributed by atoms with Crippen molar-refractivity contribution in [1.82, 2.24) is 0 Å². The van der Waals surface area contributed by atoms with Crippen LogP contribution in [-0.2, 0) is 11.2 Å². The third kappa shape index (κ3) is 5.84. The molecule has 0 unspecified atom stereocenters. The summed E-state index contributed by atoms with van der Waals surface area (Å²) < 4.78 is 5.63. The smallest absolute Gasteiger partial charge is 0.314 e. The molecule has 3 rings (SSSR count). The highest BCUT2D eigenvalue weighted by Gasteiger charge is 2.28. The molecule has 0 heterocycles. The lowest BCUT2D eigenvalue weighted by molar-refractivity contribution is -0.140. The van der Waals surface area contributed by atoms with Crippen LogP contribution in [0.3, 0.4) is 0 Å². The Bertz CT molecular complexity index is 713. The molecule has 2 aromatic rings. The number of benzene rings is 2. The third-order valence-corrected chi connectivity index (χ3v) is 5.86. The number of carbonyl (C=O) groups is 1. The maximum absolute atomic E-state index is 12.5. The van der Waals surface area contributed by atoms with Crippen molar-refractivity contribution in [1.29, 1.82) is 0 Å². The largest absolute Gasteiger partial charge is 0.426 e. The van der Waals surface area contributed by atoms with Gasteiger partial charge in [0.05, 0.1) is 5.92 Å². The van der Waals surface area contributed by atoms with Gasteiger partial charge in [0.25, 0.3) is 0 Å². The maximum Gasteiger partial charge on any atom is 0.314 e. The lowest BCUT2D eigenvalue weighted by atomic mass is 9.79. The lowest BCUT2D eigenvalue weighted by Crippen LogP contribution is -2.25. The van der Waals surface area contributed by atoms with E-state index in [2.05, 4.69) is 31.2 Å². The van der Waals surface area contributed by atoms with Crippen LogP contribution in [0, 0.1) is 5.92 Å². The van der Waals surface area contributed by atoms with Crippen molar-refractivity contribution in [2.24, 2.45) is 5.92 Å². The molecule has 0 atom stereocenters. The summed E-state index contributed by atoms with van der Waals surface area (Å²) in [4.78, 5) is 12.5. The van der Waals surface area contributed by atoms with Crippen LogP contribution in [0.25, 0.3) is 0 Å². The summed E-state index contributed by atoms with van der Waals surface area (Å²) in [6.07, 6.45) is 8.63. The fraction of sp³-hybridized carbons (Fsp3) is 0.458. The second-order valence-electron chi connectivity index (χ2n) is 7.62. The first kappa shape index (κ1) is 19.9. The number of hydrogen-bond donors (Lipinski definition) is 0. The number of ether oxygens (including phenoxy) is 1. The second kappa shape index (κ2) is 9.94. The maximum atomic E-state index is 12.5. The fourth-order valence-corrected chi connectivity index (χ4v) is 4.03. The molecule has 1 fully saturated rings. The number of carbonyl (C=O) groups excluding carboxylic acids is 1. The van der Waals surface area contributed by atoms with E-state index >= 15 is 0 Å². The first-order chi connectivity index (χ1) is 13.2. The summed E-state index contributed by atoms with van der Waals surface area (Å²) >= 11 is 5.97. The second-order valence-corrected chi connectivity index (χ2v) is 8.06. The van der Waals surface area contributed by atoms with E-state index in [-0.39, 0.29) is 11.9 Å². The lowest BCUT2D eigenvalue weighted by Gasteiger charge is -2.27. The van der Waals surface area contributed by atoms with Crippen LogP contribution in [0.2, 0.25) is 5.02 Å². The monoisotopic (exact) mass is 384 g/mol. The number of esters is 1. The number of aryl methyl sites for hydroxylation is 1. The highest BCUT2D eigenvalue weighted by molar-refractivity contribution is 6.30. The first-order valence-electron chi connectivity index (χ1n) is 10.2. The van der Waals surface area contributed by atoms with E-state index in [0.717, 1.165) is 37.1 Å². The minimum Gasteiger partial charge on any atom is -0.426 e. The molecule has 0 spiro atoms. The molecule has 0 amide bonds. The van der Waals surface area contributed by atoms with Crippen molar-refractivity contribution < 1.29 is 9.53 Å². The molecular weight excluding hydrogens is 356 g/mol. The standard InChI is InChI=1S/C24H29ClO2/c1-2-3-4-5-18-6-16-23(17-7-18)27-24(26)21-10-8-19(9-11-21)20-12-14-22(25)15-13-20/h6-7,12-17,19,21H,2-5,8-11H2,1H3. The predicted molar refractivity (Wildman–Crippen MR) is 111 cm³/mol. The van der Waals surface area contributed by atoms with Crippen molar-refractivity contribution in [3.05, 3.63) is 64.7 Å². The fourth-order valence-electron chi connectivity index (χ4n) is 3.90. The number of halogens is 1. The summed E-state index contributed by atoms with van der Waals surface area (Å²) in [5, 5.41) is 0.771. The van der Waals surface area contributed by atoms with Crippen LogP contribution >= 0.6 is 11.6 Å². The van der Waals surface area contributed by atoms with E-state index < -0.39 is 0 Å². The van der Waals surface area contributed by atoms with Gasteiger partial charge in [-0.3, -0.25) is 4.79 Å². The van der Waals surface area contributed by atoms with E-state index in [1.54, 1.807) is 0 Å². The topological polar surface area (TPSA) is 26.3 Å². The molecule has 0 aliphatic heterocycles. The summed E-state index contributed by atoms with van der Waals surface area (Å²) in [5.74, 6) is 1.12. The third-order valence-electron chi connectivity index (χ3n) is 5.61. The zero-order valence-electron chi connectivity index (χ0n) is 16.1. The molecule has 1 aliphatic carbocycles. The molecule has 2 nitrogen and oxygen atoms in total. The zero-order valence-corrected chi connectivity index (χ0v) is 16.9. The van der Waals surface area contributed by atoms with Crippen molar-refractivity contribution in [2.45, 2.75) is 64.2 Å². The van der Waals surface area contributed by atoms with Crippen molar-refractivity contribution in [3.8, 4) is 5.75 Å². The van der Waals surface area contributed by atoms with Gasteiger partial charge in [0, 0.05) is 5.02 Å². The quantitative estimate of drug-likeness (QED) is 0.293. The van der Waals surface area contributed by atoms with Gasteiger partial charge in [0.15, 0.2) is 0 Å². The summed E-state index contributed by atoms with van der Waals surface area (Å²) in [5.41, 5.74) is 2.64. The first-order valence-corrected chi connectivity index (χ1v) is 10.6. The Morgan fingerprint density at radius 2 is 1.63 bits per heavy atom. The van der Waals surface area contributed by atoms with Crippen LogP contribution < -0.4 is 4.74 Å². The SMILES string of the molecule is CCCCCc1ccc(OC(=O)C2CCC(c3ccc(Cl)cc3)CC2)cc1. The molecule has 27 heavy (non-hydrogen) atoms. The van der Waals surface area contributed by atoms with Crippen LogP contribution in [-0.4, -0.2) is 5.97 Å². The molecular formula is C24H29ClO2. The predicted octanol–water partition coefficient (Wildman–Crippen LogP) is 6.95. The van der Waals surface area contributed by atoms with E-state index in [1.807, 2.05) is 24.3 Å². The summed E-state index contributed by atoms with van der Waals surface area (Å²) in [6, 6.07) is 16.1. The van der Waals surface area contributed by atoms with Crippen LogP contribution in [0.5, 0.6) is 5.75 Å². The molecule has 2 aromatic carbocycles. The van der Waals surface area contributed by atoms with Crippen molar-refractivity contribution >= 4 is 17.6 Å². The van der Waals surface area contributed by atoms with E-state index in [1.165, 1.54) is 30.4 Å². The summed E-state index contributed by atoms with van der Waals surface area (Å²) in [6.45, 7) is 2.21. The Kier molecular flexibility index (Phi) is 7.34. The van der Waals surface area contributed by atoms with Gasteiger partial charge < -0.3 is 4.74 Å². The van der Waals surface area contributed by atoms with Gasteiger partial charge in [-0.25, -0.2) is 0 Å². The Morgan fingerprint density at radius 3 is 2.26 bits per heavy atom. The molecule has 0 radical (unpaired) electrons. The number of hydrogen-bond acceptors (Lipinski definition) is 2. The molecule has 0 bridgehead atoms. The Labute approximate surface area is 167 Å². The van der Waals surface area contributed by atoms with Crippen LogP contribution in [0.4, 0.5) is 0 Å². The molecule has 1 aliphatic rings. The Morgan fingerprint density at radius 1 is 0.963 bits per heavy atom. The molecule has 1 saturated carbocycles. The van der Waals surface area contributed by atoms with Crippen molar-refractivity contribution in [3.63, 3.8) is 0 Å². The van der Waals surface area contributed by atoms with Gasteiger partial charge in [-0.1, -0.05) is 55.6 Å². The number of rotatable bonds is 7. The molecule has 0 aromatic heterocycles. The Balaban J connectivity index is 1.47. The van der Waals surface area contributed by atoms with Gasteiger partial charge in [-0.2, -0.15) is 0 Å². The minimum atomic E-state index is -0.0803. The average Bonchev–Trinajstić information content (AvgIpc) is 2.70. The molecule has 144 valence electrons. The van der Waals surface area contributed by atoms with Crippen LogP contribution in [0.15, 0.2) is 48.5 Å². The van der Waals surface area contributed by atoms with Crippen molar-refractivity contribution in [2.75, 3.05) is 0 Å². The van der Waals surface area contributed by atoms with Gasteiger partial charge in [-0.15, -0.1) is 0 Å². The van der Waals surface area contributed by atoms with E-state index in [0.29, 0.717) is 11.7 Å². The Hall–Kier alpha value is -1.80. The normalized spacial score (nSPS) is 19.6. The highest BCUT2D eigenvalue weighted by atomic mass is 35.5. The highest BCUT2D eigenvalue weighted by Crippen LogP contribution is 2.36.